The van der Waals surface area contributed by atoms with Crippen molar-refractivity contribution in [2.45, 2.75) is 6.18 Å². The number of hydrogen-bond acceptors (Lipinski definition) is 3. The van der Waals surface area contributed by atoms with Gasteiger partial charge in [0.15, 0.2) is 0 Å². The number of halogens is 3. The van der Waals surface area contributed by atoms with Crippen molar-refractivity contribution in [2.75, 3.05) is 0 Å². The molecule has 0 aliphatic rings. The van der Waals surface area contributed by atoms with Crippen LogP contribution in [0.4, 0.5) is 13.2 Å². The molecule has 0 fully saturated rings. The molecule has 0 spiro atoms. The van der Waals surface area contributed by atoms with E-state index in [1.807, 2.05) is 0 Å². The van der Waals surface area contributed by atoms with Crippen LogP contribution in [0.25, 0.3) is 11.3 Å². The number of nitrogens with zero attached hydrogens (tertiary/aromatic N) is 2. The Morgan fingerprint density at radius 3 is 2.59 bits per heavy atom. The highest BCUT2D eigenvalue weighted by molar-refractivity contribution is 5.58. The van der Waals surface area contributed by atoms with Crippen LogP contribution in [0.5, 0.6) is 0 Å². The molecule has 17 heavy (non-hydrogen) atoms. The van der Waals surface area contributed by atoms with Gasteiger partial charge in [0.05, 0.1) is 11.8 Å². The summed E-state index contributed by atoms with van der Waals surface area (Å²) in [7, 11) is 0. The van der Waals surface area contributed by atoms with Gasteiger partial charge in [-0.1, -0.05) is 12.1 Å². The Bertz CT molecular complexity index is 571. The van der Waals surface area contributed by atoms with Gasteiger partial charge in [-0.25, -0.2) is 9.89 Å². The van der Waals surface area contributed by atoms with Gasteiger partial charge in [0.25, 0.3) is 0 Å². The zero-order valence-electron chi connectivity index (χ0n) is 8.32. The number of nitrogens with one attached hydrogen (secondary N) is 1. The Kier molecular flexibility index (Phi) is 2.66. The molecule has 0 aliphatic carbocycles. The van der Waals surface area contributed by atoms with E-state index in [0.717, 1.165) is 18.3 Å². The number of aromatic nitrogens is 3. The highest BCUT2D eigenvalue weighted by Gasteiger charge is 2.30. The number of alkyl halides is 3. The van der Waals surface area contributed by atoms with Crippen LogP contribution in [0.3, 0.4) is 0 Å². The minimum Gasteiger partial charge on any atom is -0.244 e. The average molecular weight is 241 g/mol. The van der Waals surface area contributed by atoms with E-state index in [4.69, 9.17) is 0 Å². The summed E-state index contributed by atoms with van der Waals surface area (Å²) in [6, 6.07) is 4.63. The normalized spacial score (nSPS) is 11.5. The second-order valence-electron chi connectivity index (χ2n) is 3.25. The highest BCUT2D eigenvalue weighted by atomic mass is 19.4. The molecule has 0 radical (unpaired) electrons. The van der Waals surface area contributed by atoms with Crippen molar-refractivity contribution in [3.63, 3.8) is 0 Å². The van der Waals surface area contributed by atoms with Crippen molar-refractivity contribution in [3.8, 4) is 11.3 Å². The van der Waals surface area contributed by atoms with Crippen LogP contribution in [0.1, 0.15) is 5.56 Å². The lowest BCUT2D eigenvalue weighted by Gasteiger charge is -2.07. The molecule has 2 rings (SSSR count). The molecule has 0 bridgehead atoms. The van der Waals surface area contributed by atoms with E-state index in [1.165, 1.54) is 12.1 Å². The molecular formula is C10H6F3N3O. The van der Waals surface area contributed by atoms with Gasteiger partial charge < -0.3 is 0 Å². The van der Waals surface area contributed by atoms with Gasteiger partial charge in [-0.3, -0.25) is 0 Å². The number of benzene rings is 1. The molecule has 0 saturated carbocycles. The minimum absolute atomic E-state index is 0.177. The molecule has 88 valence electrons. The molecule has 0 atom stereocenters. The maximum atomic E-state index is 12.5. The van der Waals surface area contributed by atoms with E-state index in [9.17, 15) is 18.0 Å². The van der Waals surface area contributed by atoms with E-state index in [2.05, 4.69) is 15.2 Å². The maximum absolute atomic E-state index is 12.5. The molecule has 7 heteroatoms. The first-order valence-corrected chi connectivity index (χ1v) is 4.56. The van der Waals surface area contributed by atoms with Crippen LogP contribution in [-0.2, 0) is 6.18 Å². The third kappa shape index (κ3) is 2.49. The third-order valence-electron chi connectivity index (χ3n) is 2.06. The lowest BCUT2D eigenvalue weighted by atomic mass is 10.1. The topological polar surface area (TPSA) is 58.6 Å². The predicted octanol–water partition coefficient (Wildman–Crippen LogP) is 1.85. The van der Waals surface area contributed by atoms with E-state index in [-0.39, 0.29) is 11.3 Å². The van der Waals surface area contributed by atoms with Crippen molar-refractivity contribution in [3.05, 3.63) is 46.5 Å². The van der Waals surface area contributed by atoms with Gasteiger partial charge >= 0.3 is 11.9 Å². The number of aromatic amines is 1. The van der Waals surface area contributed by atoms with Crippen molar-refractivity contribution in [1.29, 1.82) is 0 Å². The van der Waals surface area contributed by atoms with Crippen LogP contribution in [-0.4, -0.2) is 15.2 Å². The lowest BCUT2D eigenvalue weighted by molar-refractivity contribution is -0.137. The smallest absolute Gasteiger partial charge is 0.244 e. The molecule has 1 N–H and O–H groups in total. The van der Waals surface area contributed by atoms with Crippen molar-refractivity contribution in [2.24, 2.45) is 0 Å². The Hall–Kier alpha value is -2.18. The molecule has 0 unspecified atom stereocenters. The zero-order chi connectivity index (χ0) is 12.5. The SMILES string of the molecule is O=c1ncc(-c2cccc(C(F)(F)F)c2)n[nH]1. The average Bonchev–Trinajstić information content (AvgIpc) is 2.29. The van der Waals surface area contributed by atoms with Gasteiger partial charge in [0.1, 0.15) is 5.69 Å². The summed E-state index contributed by atoms with van der Waals surface area (Å²) in [5, 5.41) is 5.66. The Morgan fingerprint density at radius 1 is 1.24 bits per heavy atom. The summed E-state index contributed by atoms with van der Waals surface area (Å²) in [6.07, 6.45) is -3.29. The van der Waals surface area contributed by atoms with Gasteiger partial charge in [0.2, 0.25) is 0 Å². The first-order chi connectivity index (χ1) is 7.97. The first-order valence-electron chi connectivity index (χ1n) is 4.56. The molecule has 0 saturated heterocycles. The van der Waals surface area contributed by atoms with Crippen molar-refractivity contribution < 1.29 is 13.2 Å². The summed E-state index contributed by atoms with van der Waals surface area (Å²) >= 11 is 0. The standard InChI is InChI=1S/C10H6F3N3O/c11-10(12,13)7-3-1-2-6(4-7)8-5-14-9(17)16-15-8/h1-5H,(H,14,16,17). The fourth-order valence-corrected chi connectivity index (χ4v) is 1.28. The van der Waals surface area contributed by atoms with Crippen LogP contribution in [0, 0.1) is 0 Å². The second kappa shape index (κ2) is 4.00. The van der Waals surface area contributed by atoms with Crippen LogP contribution in [0.2, 0.25) is 0 Å². The maximum Gasteiger partial charge on any atom is 0.416 e. The van der Waals surface area contributed by atoms with Gasteiger partial charge in [-0.2, -0.15) is 23.3 Å². The molecular weight excluding hydrogens is 235 g/mol. The van der Waals surface area contributed by atoms with Gasteiger partial charge in [-0.05, 0) is 12.1 Å². The summed E-state index contributed by atoms with van der Waals surface area (Å²) in [4.78, 5) is 14.1. The Balaban J connectivity index is 2.47. The van der Waals surface area contributed by atoms with Gasteiger partial charge in [0, 0.05) is 5.56 Å². The summed E-state index contributed by atoms with van der Waals surface area (Å²) in [5.74, 6) is 0. The van der Waals surface area contributed by atoms with Crippen LogP contribution < -0.4 is 5.69 Å². The summed E-state index contributed by atoms with van der Waals surface area (Å²) in [5.41, 5.74) is -1.01. The fraction of sp³-hybridized carbons (Fsp3) is 0.100. The van der Waals surface area contributed by atoms with Gasteiger partial charge in [-0.15, -0.1) is 0 Å². The van der Waals surface area contributed by atoms with Crippen LogP contribution >= 0.6 is 0 Å². The van der Waals surface area contributed by atoms with Crippen molar-refractivity contribution in [1.82, 2.24) is 15.2 Å². The summed E-state index contributed by atoms with van der Waals surface area (Å²) in [6.45, 7) is 0. The number of hydrogen-bond donors (Lipinski definition) is 1. The quantitative estimate of drug-likeness (QED) is 0.828. The zero-order valence-corrected chi connectivity index (χ0v) is 8.32. The number of rotatable bonds is 1. The van der Waals surface area contributed by atoms with E-state index >= 15 is 0 Å². The predicted molar refractivity (Wildman–Crippen MR) is 53.1 cm³/mol. The van der Waals surface area contributed by atoms with E-state index in [1.54, 1.807) is 0 Å². The summed E-state index contributed by atoms with van der Waals surface area (Å²) < 4.78 is 37.4. The molecule has 2 aromatic rings. The molecule has 1 aromatic carbocycles. The molecule has 1 aromatic heterocycles. The van der Waals surface area contributed by atoms with E-state index < -0.39 is 17.4 Å². The fourth-order valence-electron chi connectivity index (χ4n) is 1.28. The second-order valence-corrected chi connectivity index (χ2v) is 3.25. The highest BCUT2D eigenvalue weighted by Crippen LogP contribution is 2.31. The molecule has 0 amide bonds. The Morgan fingerprint density at radius 2 is 2.00 bits per heavy atom. The number of H-pyrrole nitrogens is 1. The molecule has 0 aliphatic heterocycles. The van der Waals surface area contributed by atoms with Crippen LogP contribution in [0.15, 0.2) is 35.3 Å². The minimum atomic E-state index is -4.41. The molecule has 4 nitrogen and oxygen atoms in total. The lowest BCUT2D eigenvalue weighted by Crippen LogP contribution is -2.11. The monoisotopic (exact) mass is 241 g/mol. The van der Waals surface area contributed by atoms with Crippen molar-refractivity contribution >= 4 is 0 Å². The molecule has 1 heterocycles. The third-order valence-corrected chi connectivity index (χ3v) is 2.06. The van der Waals surface area contributed by atoms with E-state index in [0.29, 0.717) is 0 Å². The first kappa shape index (κ1) is 11.3. The Labute approximate surface area is 93.1 Å². The largest absolute Gasteiger partial charge is 0.416 e.